The third kappa shape index (κ3) is 4.12. The monoisotopic (exact) mass is 339 g/mol. The molecule has 1 fully saturated rings. The normalized spacial score (nSPS) is 15.0. The van der Waals surface area contributed by atoms with Gasteiger partial charge in [-0.25, -0.2) is 0 Å². The van der Waals surface area contributed by atoms with Crippen molar-refractivity contribution in [1.82, 2.24) is 10.2 Å². The minimum Gasteiger partial charge on any atom is -0.495 e. The highest BCUT2D eigenvalue weighted by Crippen LogP contribution is 2.28. The average Bonchev–Trinajstić information content (AvgIpc) is 2.68. The lowest BCUT2D eigenvalue weighted by atomic mass is 10.1. The van der Waals surface area contributed by atoms with E-state index in [0.717, 1.165) is 38.5 Å². The molecule has 1 saturated heterocycles. The van der Waals surface area contributed by atoms with Crippen molar-refractivity contribution in [1.29, 1.82) is 0 Å². The molecule has 0 atom stereocenters. The highest BCUT2D eigenvalue weighted by molar-refractivity contribution is 5.93. The molecule has 0 saturated carbocycles. The molecule has 1 amide bonds. The molecule has 2 aromatic carbocycles. The predicted molar refractivity (Wildman–Crippen MR) is 100 cm³/mol. The number of piperazine rings is 1. The number of carbonyl (C=O) groups is 1. The molecule has 5 nitrogen and oxygen atoms in total. The number of benzene rings is 2. The standard InChI is InChI=1S/C20H25N3O2/c1-21-20(24)17-9-7-16(8-10-17)15-22-11-13-23(14-12-22)18-5-3-4-6-19(18)25-2/h3-10H,11-15H2,1-2H3,(H,21,24). The van der Waals surface area contributed by atoms with Crippen LogP contribution >= 0.6 is 0 Å². The van der Waals surface area contributed by atoms with E-state index in [1.165, 1.54) is 11.3 Å². The predicted octanol–water partition coefficient (Wildman–Crippen LogP) is 2.38. The number of ether oxygens (including phenoxy) is 1. The first kappa shape index (κ1) is 17.3. The summed E-state index contributed by atoms with van der Waals surface area (Å²) in [7, 11) is 3.37. The van der Waals surface area contributed by atoms with Gasteiger partial charge in [-0.15, -0.1) is 0 Å². The van der Waals surface area contributed by atoms with E-state index in [1.807, 2.05) is 36.4 Å². The second-order valence-corrected chi connectivity index (χ2v) is 6.21. The zero-order chi connectivity index (χ0) is 17.6. The quantitative estimate of drug-likeness (QED) is 0.908. The van der Waals surface area contributed by atoms with Gasteiger partial charge in [-0.05, 0) is 29.8 Å². The molecular weight excluding hydrogens is 314 g/mol. The number of nitrogens with one attached hydrogen (secondary N) is 1. The fourth-order valence-electron chi connectivity index (χ4n) is 3.20. The number of methoxy groups -OCH3 is 1. The maximum absolute atomic E-state index is 11.6. The fraction of sp³-hybridized carbons (Fsp3) is 0.350. The van der Waals surface area contributed by atoms with E-state index in [-0.39, 0.29) is 5.91 Å². The van der Waals surface area contributed by atoms with E-state index in [9.17, 15) is 4.79 Å². The van der Waals surface area contributed by atoms with Gasteiger partial charge in [-0.3, -0.25) is 9.69 Å². The van der Waals surface area contributed by atoms with Crippen molar-refractivity contribution in [3.8, 4) is 5.75 Å². The maximum atomic E-state index is 11.6. The van der Waals surface area contributed by atoms with Crippen LogP contribution in [0.1, 0.15) is 15.9 Å². The highest BCUT2D eigenvalue weighted by Gasteiger charge is 2.19. The van der Waals surface area contributed by atoms with Crippen molar-refractivity contribution in [2.75, 3.05) is 45.2 Å². The van der Waals surface area contributed by atoms with E-state index in [1.54, 1.807) is 14.2 Å². The summed E-state index contributed by atoms with van der Waals surface area (Å²) in [6.07, 6.45) is 0. The number of hydrogen-bond acceptors (Lipinski definition) is 4. The minimum absolute atomic E-state index is 0.0445. The molecule has 0 spiro atoms. The molecule has 2 aromatic rings. The summed E-state index contributed by atoms with van der Waals surface area (Å²) >= 11 is 0. The lowest BCUT2D eigenvalue weighted by Crippen LogP contribution is -2.46. The zero-order valence-electron chi connectivity index (χ0n) is 14.9. The Morgan fingerprint density at radius 2 is 1.72 bits per heavy atom. The molecule has 0 aromatic heterocycles. The first-order chi connectivity index (χ1) is 12.2. The lowest BCUT2D eigenvalue weighted by Gasteiger charge is -2.36. The first-order valence-corrected chi connectivity index (χ1v) is 8.62. The van der Waals surface area contributed by atoms with Gasteiger partial charge in [0.05, 0.1) is 12.8 Å². The molecule has 1 aliphatic heterocycles. The van der Waals surface area contributed by atoms with Gasteiger partial charge in [0, 0.05) is 45.3 Å². The summed E-state index contributed by atoms with van der Waals surface area (Å²) in [5.74, 6) is 0.887. The molecular formula is C20H25N3O2. The number of carbonyl (C=O) groups excluding carboxylic acids is 1. The van der Waals surface area contributed by atoms with E-state index < -0.39 is 0 Å². The van der Waals surface area contributed by atoms with Crippen LogP contribution in [0.3, 0.4) is 0 Å². The van der Waals surface area contributed by atoms with Gasteiger partial charge in [0.15, 0.2) is 0 Å². The molecule has 0 radical (unpaired) electrons. The molecule has 0 aliphatic carbocycles. The largest absolute Gasteiger partial charge is 0.495 e. The highest BCUT2D eigenvalue weighted by atomic mass is 16.5. The van der Waals surface area contributed by atoms with Gasteiger partial charge in [0.1, 0.15) is 5.75 Å². The van der Waals surface area contributed by atoms with Gasteiger partial charge in [-0.1, -0.05) is 24.3 Å². The van der Waals surface area contributed by atoms with E-state index in [0.29, 0.717) is 5.56 Å². The molecule has 0 bridgehead atoms. The molecule has 1 N–H and O–H groups in total. The summed E-state index contributed by atoms with van der Waals surface area (Å²) in [6.45, 7) is 4.89. The summed E-state index contributed by atoms with van der Waals surface area (Å²) in [6, 6.07) is 16.0. The summed E-state index contributed by atoms with van der Waals surface area (Å²) in [5, 5.41) is 2.65. The summed E-state index contributed by atoms with van der Waals surface area (Å²) < 4.78 is 5.47. The van der Waals surface area contributed by atoms with Crippen molar-refractivity contribution < 1.29 is 9.53 Å². The Morgan fingerprint density at radius 1 is 1.04 bits per heavy atom. The van der Waals surface area contributed by atoms with Crippen molar-refractivity contribution in [2.45, 2.75) is 6.54 Å². The van der Waals surface area contributed by atoms with Crippen molar-refractivity contribution in [2.24, 2.45) is 0 Å². The summed E-state index contributed by atoms with van der Waals surface area (Å²) in [5.41, 5.74) is 3.10. The SMILES string of the molecule is CNC(=O)c1ccc(CN2CCN(c3ccccc3OC)CC2)cc1. The van der Waals surface area contributed by atoms with Crippen LogP contribution in [0, 0.1) is 0 Å². The Hall–Kier alpha value is -2.53. The van der Waals surface area contributed by atoms with Gasteiger partial charge < -0.3 is 15.0 Å². The Kier molecular flexibility index (Phi) is 5.56. The second-order valence-electron chi connectivity index (χ2n) is 6.21. The van der Waals surface area contributed by atoms with E-state index >= 15 is 0 Å². The molecule has 1 aliphatic rings. The Morgan fingerprint density at radius 3 is 2.36 bits per heavy atom. The Balaban J connectivity index is 1.56. The topological polar surface area (TPSA) is 44.8 Å². The van der Waals surface area contributed by atoms with E-state index in [4.69, 9.17) is 4.74 Å². The van der Waals surface area contributed by atoms with Crippen molar-refractivity contribution in [3.05, 3.63) is 59.7 Å². The summed E-state index contributed by atoms with van der Waals surface area (Å²) in [4.78, 5) is 16.4. The second kappa shape index (κ2) is 8.03. The Bertz CT molecular complexity index is 707. The average molecular weight is 339 g/mol. The van der Waals surface area contributed by atoms with Crippen LogP contribution in [-0.2, 0) is 6.54 Å². The van der Waals surface area contributed by atoms with Crippen LogP contribution in [-0.4, -0.2) is 51.1 Å². The van der Waals surface area contributed by atoms with Crippen LogP contribution in [0.15, 0.2) is 48.5 Å². The van der Waals surface area contributed by atoms with Gasteiger partial charge >= 0.3 is 0 Å². The zero-order valence-corrected chi connectivity index (χ0v) is 14.9. The fourth-order valence-corrected chi connectivity index (χ4v) is 3.20. The third-order valence-corrected chi connectivity index (χ3v) is 4.65. The lowest BCUT2D eigenvalue weighted by molar-refractivity contribution is 0.0963. The molecule has 3 rings (SSSR count). The molecule has 132 valence electrons. The number of anilines is 1. The van der Waals surface area contributed by atoms with E-state index in [2.05, 4.69) is 27.2 Å². The van der Waals surface area contributed by atoms with Crippen LogP contribution in [0.2, 0.25) is 0 Å². The third-order valence-electron chi connectivity index (χ3n) is 4.65. The van der Waals surface area contributed by atoms with Crippen molar-refractivity contribution in [3.63, 3.8) is 0 Å². The maximum Gasteiger partial charge on any atom is 0.251 e. The molecule has 25 heavy (non-hydrogen) atoms. The first-order valence-electron chi connectivity index (χ1n) is 8.62. The number of hydrogen-bond donors (Lipinski definition) is 1. The van der Waals surface area contributed by atoms with Crippen LogP contribution in [0.25, 0.3) is 0 Å². The number of amides is 1. The number of para-hydroxylation sites is 2. The molecule has 5 heteroatoms. The number of rotatable bonds is 5. The van der Waals surface area contributed by atoms with Gasteiger partial charge in [0.2, 0.25) is 0 Å². The van der Waals surface area contributed by atoms with Crippen molar-refractivity contribution >= 4 is 11.6 Å². The van der Waals surface area contributed by atoms with Crippen LogP contribution in [0.4, 0.5) is 5.69 Å². The van der Waals surface area contributed by atoms with Gasteiger partial charge in [-0.2, -0.15) is 0 Å². The van der Waals surface area contributed by atoms with Crippen LogP contribution in [0.5, 0.6) is 5.75 Å². The van der Waals surface area contributed by atoms with Crippen LogP contribution < -0.4 is 15.0 Å². The smallest absolute Gasteiger partial charge is 0.251 e. The van der Waals surface area contributed by atoms with Gasteiger partial charge in [0.25, 0.3) is 5.91 Å². The molecule has 1 heterocycles. The molecule has 0 unspecified atom stereocenters. The minimum atomic E-state index is -0.0445. The number of nitrogens with zero attached hydrogens (tertiary/aromatic N) is 2. The Labute approximate surface area is 149 Å².